The summed E-state index contributed by atoms with van der Waals surface area (Å²) in [5, 5.41) is 3.27. The summed E-state index contributed by atoms with van der Waals surface area (Å²) in [5.41, 5.74) is 2.32. The van der Waals surface area contributed by atoms with Gasteiger partial charge in [-0.25, -0.2) is 8.42 Å². The summed E-state index contributed by atoms with van der Waals surface area (Å²) >= 11 is 5.92. The second-order valence-corrected chi connectivity index (χ2v) is 9.86. The van der Waals surface area contributed by atoms with Crippen LogP contribution in [-0.4, -0.2) is 34.5 Å². The summed E-state index contributed by atoms with van der Waals surface area (Å²) in [6.45, 7) is 1.92. The van der Waals surface area contributed by atoms with Crippen molar-refractivity contribution in [2.75, 3.05) is 24.5 Å². The first kappa shape index (κ1) is 24.6. The molecule has 0 saturated carbocycles. The summed E-state index contributed by atoms with van der Waals surface area (Å²) < 4.78 is 33.2. The smallest absolute Gasteiger partial charge is 0.264 e. The van der Waals surface area contributed by atoms with E-state index < -0.39 is 10.0 Å². The maximum atomic E-state index is 13.4. The van der Waals surface area contributed by atoms with Crippen molar-refractivity contribution in [2.24, 2.45) is 0 Å². The zero-order valence-electron chi connectivity index (χ0n) is 18.6. The molecule has 0 aliphatic rings. The number of hydrogen-bond donors (Lipinski definition) is 1. The van der Waals surface area contributed by atoms with Crippen LogP contribution in [0, 0.1) is 6.92 Å². The van der Waals surface area contributed by atoms with Crippen molar-refractivity contribution < 1.29 is 17.9 Å². The molecule has 0 bridgehead atoms. The summed E-state index contributed by atoms with van der Waals surface area (Å²) in [6.07, 6.45) is 1.48. The van der Waals surface area contributed by atoms with Crippen molar-refractivity contribution in [3.8, 4) is 5.75 Å². The number of para-hydroxylation sites is 1. The molecule has 1 amide bonds. The van der Waals surface area contributed by atoms with Gasteiger partial charge in [-0.15, -0.1) is 0 Å². The van der Waals surface area contributed by atoms with Crippen molar-refractivity contribution in [2.45, 2.75) is 24.7 Å². The van der Waals surface area contributed by atoms with E-state index in [1.165, 1.54) is 24.3 Å². The van der Waals surface area contributed by atoms with Crippen LogP contribution in [0.15, 0.2) is 77.7 Å². The first-order chi connectivity index (χ1) is 15.8. The third-order valence-electron chi connectivity index (χ3n) is 5.17. The molecule has 3 rings (SSSR count). The van der Waals surface area contributed by atoms with Gasteiger partial charge in [0.1, 0.15) is 12.3 Å². The van der Waals surface area contributed by atoms with Gasteiger partial charge >= 0.3 is 0 Å². The summed E-state index contributed by atoms with van der Waals surface area (Å²) in [6, 6.07) is 20.8. The molecule has 0 spiro atoms. The third kappa shape index (κ3) is 6.49. The Morgan fingerprint density at radius 3 is 2.45 bits per heavy atom. The molecule has 0 radical (unpaired) electrons. The minimum absolute atomic E-state index is 0.0703. The van der Waals surface area contributed by atoms with Crippen molar-refractivity contribution >= 4 is 33.2 Å². The van der Waals surface area contributed by atoms with Gasteiger partial charge in [-0.1, -0.05) is 41.9 Å². The molecule has 0 unspecified atom stereocenters. The number of amides is 1. The van der Waals surface area contributed by atoms with Gasteiger partial charge in [0.05, 0.1) is 17.7 Å². The average molecular weight is 487 g/mol. The molecule has 6 nitrogen and oxygen atoms in total. The maximum absolute atomic E-state index is 13.4. The molecule has 0 heterocycles. The van der Waals surface area contributed by atoms with Gasteiger partial charge < -0.3 is 10.1 Å². The minimum atomic E-state index is -3.97. The molecule has 0 atom stereocenters. The van der Waals surface area contributed by atoms with Crippen LogP contribution in [0.5, 0.6) is 5.75 Å². The van der Waals surface area contributed by atoms with Crippen LogP contribution in [0.3, 0.4) is 0 Å². The number of nitrogens with one attached hydrogen (secondary N) is 1. The molecule has 0 saturated heterocycles. The molecule has 0 aliphatic heterocycles. The largest absolute Gasteiger partial charge is 0.497 e. The van der Waals surface area contributed by atoms with E-state index in [2.05, 4.69) is 5.32 Å². The number of carbonyl (C=O) groups is 1. The molecule has 3 aromatic rings. The maximum Gasteiger partial charge on any atom is 0.264 e. The predicted octanol–water partition coefficient (Wildman–Crippen LogP) is 4.60. The normalized spacial score (nSPS) is 11.1. The number of hydrogen-bond acceptors (Lipinski definition) is 4. The molecular weight excluding hydrogens is 460 g/mol. The van der Waals surface area contributed by atoms with E-state index in [4.69, 9.17) is 16.3 Å². The first-order valence-corrected chi connectivity index (χ1v) is 12.4. The fraction of sp³-hybridized carbons (Fsp3) is 0.240. The highest BCUT2D eigenvalue weighted by Gasteiger charge is 2.28. The van der Waals surface area contributed by atoms with Crippen molar-refractivity contribution in [1.29, 1.82) is 0 Å². The Morgan fingerprint density at radius 1 is 1.03 bits per heavy atom. The molecule has 3 aromatic carbocycles. The topological polar surface area (TPSA) is 75.7 Å². The Labute approximate surface area is 200 Å². The fourth-order valence-corrected chi connectivity index (χ4v) is 5.02. The first-order valence-electron chi connectivity index (χ1n) is 10.5. The van der Waals surface area contributed by atoms with Crippen LogP contribution >= 0.6 is 11.6 Å². The van der Waals surface area contributed by atoms with E-state index in [1.807, 2.05) is 43.3 Å². The van der Waals surface area contributed by atoms with Crippen LogP contribution in [0.1, 0.15) is 17.5 Å². The molecule has 1 N–H and O–H groups in total. The molecule has 0 aromatic heterocycles. The van der Waals surface area contributed by atoms with Crippen LogP contribution in [0.4, 0.5) is 5.69 Å². The van der Waals surface area contributed by atoms with E-state index >= 15 is 0 Å². The van der Waals surface area contributed by atoms with E-state index in [0.717, 1.165) is 27.6 Å². The van der Waals surface area contributed by atoms with Gasteiger partial charge in [0.2, 0.25) is 5.91 Å². The second-order valence-electron chi connectivity index (χ2n) is 7.56. The van der Waals surface area contributed by atoms with Crippen LogP contribution in [-0.2, 0) is 21.2 Å². The lowest BCUT2D eigenvalue weighted by atomic mass is 10.1. The second kappa shape index (κ2) is 11.2. The number of rotatable bonds is 10. The van der Waals surface area contributed by atoms with Crippen molar-refractivity contribution in [1.82, 2.24) is 5.32 Å². The van der Waals surface area contributed by atoms with Gasteiger partial charge in [0.25, 0.3) is 10.0 Å². The summed E-state index contributed by atoms with van der Waals surface area (Å²) in [4.78, 5) is 12.8. The number of ether oxygens (including phenoxy) is 1. The highest BCUT2D eigenvalue weighted by Crippen LogP contribution is 2.27. The van der Waals surface area contributed by atoms with Crippen molar-refractivity contribution in [3.63, 3.8) is 0 Å². The Balaban J connectivity index is 1.70. The number of halogens is 1. The average Bonchev–Trinajstić information content (AvgIpc) is 2.81. The fourth-order valence-electron chi connectivity index (χ4n) is 3.41. The molecular formula is C25H27ClN2O4S. The standard InChI is InChI=1S/C25H27ClN2O4S/c1-19-7-3-4-11-24(19)28(33(30,31)23-14-12-21(26)13-15-23)18-25(29)27-16-6-9-20-8-5-10-22(17-20)32-2/h3-5,7-8,10-15,17H,6,9,16,18H2,1-2H3,(H,27,29). The van der Waals surface area contributed by atoms with Gasteiger partial charge in [0.15, 0.2) is 0 Å². The van der Waals surface area contributed by atoms with Crippen LogP contribution < -0.4 is 14.4 Å². The van der Waals surface area contributed by atoms with E-state index in [-0.39, 0.29) is 17.3 Å². The monoisotopic (exact) mass is 486 g/mol. The summed E-state index contributed by atoms with van der Waals surface area (Å²) in [7, 11) is -2.35. The Bertz CT molecular complexity index is 1200. The molecule has 0 aliphatic carbocycles. The van der Waals surface area contributed by atoms with Gasteiger partial charge in [-0.3, -0.25) is 9.10 Å². The van der Waals surface area contributed by atoms with Crippen LogP contribution in [0.2, 0.25) is 5.02 Å². The lowest BCUT2D eigenvalue weighted by molar-refractivity contribution is -0.119. The third-order valence-corrected chi connectivity index (χ3v) is 7.20. The molecule has 0 fully saturated rings. The van der Waals surface area contributed by atoms with Crippen LogP contribution in [0.25, 0.3) is 0 Å². The Morgan fingerprint density at radius 2 is 1.76 bits per heavy atom. The molecule has 174 valence electrons. The molecule has 8 heteroatoms. The lowest BCUT2D eigenvalue weighted by Gasteiger charge is -2.25. The lowest BCUT2D eigenvalue weighted by Crippen LogP contribution is -2.41. The number of nitrogens with zero attached hydrogens (tertiary/aromatic N) is 1. The van der Waals surface area contributed by atoms with Gasteiger partial charge in [-0.2, -0.15) is 0 Å². The van der Waals surface area contributed by atoms with E-state index in [0.29, 0.717) is 23.7 Å². The number of sulfonamides is 1. The number of methoxy groups -OCH3 is 1. The zero-order chi connectivity index (χ0) is 23.8. The van der Waals surface area contributed by atoms with Crippen molar-refractivity contribution in [3.05, 3.63) is 88.9 Å². The van der Waals surface area contributed by atoms with Gasteiger partial charge in [-0.05, 0) is 73.4 Å². The Hall–Kier alpha value is -3.03. The predicted molar refractivity (Wildman–Crippen MR) is 131 cm³/mol. The SMILES string of the molecule is COc1cccc(CCCNC(=O)CN(c2ccccc2C)S(=O)(=O)c2ccc(Cl)cc2)c1. The van der Waals surface area contributed by atoms with E-state index in [1.54, 1.807) is 19.2 Å². The van der Waals surface area contributed by atoms with E-state index in [9.17, 15) is 13.2 Å². The van der Waals surface area contributed by atoms with Gasteiger partial charge in [0, 0.05) is 11.6 Å². The highest BCUT2D eigenvalue weighted by atomic mass is 35.5. The number of aryl methyl sites for hydroxylation is 2. The quantitative estimate of drug-likeness (QED) is 0.425. The summed E-state index contributed by atoms with van der Waals surface area (Å²) in [5.74, 6) is 0.416. The number of benzene rings is 3. The minimum Gasteiger partial charge on any atom is -0.497 e. The number of anilines is 1. The Kier molecular flexibility index (Phi) is 8.36. The number of carbonyl (C=O) groups excluding carboxylic acids is 1. The highest BCUT2D eigenvalue weighted by molar-refractivity contribution is 7.92. The zero-order valence-corrected chi connectivity index (χ0v) is 20.2. The molecule has 33 heavy (non-hydrogen) atoms.